The molecule has 1 heterocycles. The van der Waals surface area contributed by atoms with Gasteiger partial charge in [-0.2, -0.15) is 0 Å². The second kappa shape index (κ2) is 5.87. The van der Waals surface area contributed by atoms with Crippen LogP contribution in [0.3, 0.4) is 0 Å². The van der Waals surface area contributed by atoms with Gasteiger partial charge in [-0.25, -0.2) is 4.79 Å². The molecule has 0 aliphatic carbocycles. The van der Waals surface area contributed by atoms with Crippen LogP contribution in [0.15, 0.2) is 22.6 Å². The Balaban J connectivity index is 2.34. The SMILES string of the molecule is CCOc1ccc2oc(C(=O)O[C@@H](C)C(N)=O)c(C)c2c1. The van der Waals surface area contributed by atoms with Crippen LogP contribution in [-0.2, 0) is 9.53 Å². The topological polar surface area (TPSA) is 91.8 Å². The Morgan fingerprint density at radius 3 is 2.71 bits per heavy atom. The number of esters is 1. The minimum absolute atomic E-state index is 0.0618. The maximum absolute atomic E-state index is 12.0. The number of hydrogen-bond donors (Lipinski definition) is 1. The Morgan fingerprint density at radius 2 is 2.10 bits per heavy atom. The third-order valence-corrected chi connectivity index (χ3v) is 3.09. The highest BCUT2D eigenvalue weighted by molar-refractivity contribution is 5.97. The van der Waals surface area contributed by atoms with Gasteiger partial charge in [-0.1, -0.05) is 0 Å². The molecule has 2 N–H and O–H groups in total. The van der Waals surface area contributed by atoms with Gasteiger partial charge in [-0.15, -0.1) is 0 Å². The maximum Gasteiger partial charge on any atom is 0.375 e. The molecule has 6 nitrogen and oxygen atoms in total. The molecule has 0 spiro atoms. The number of aryl methyl sites for hydroxylation is 1. The molecular formula is C15H17NO5. The molecule has 0 bridgehead atoms. The number of rotatable bonds is 5. The highest BCUT2D eigenvalue weighted by Crippen LogP contribution is 2.29. The van der Waals surface area contributed by atoms with E-state index in [1.54, 1.807) is 25.1 Å². The van der Waals surface area contributed by atoms with Gasteiger partial charge in [-0.05, 0) is 39.0 Å². The fourth-order valence-corrected chi connectivity index (χ4v) is 1.92. The van der Waals surface area contributed by atoms with Crippen molar-refractivity contribution >= 4 is 22.8 Å². The third kappa shape index (κ3) is 2.99. The molecule has 1 amide bonds. The van der Waals surface area contributed by atoms with Crippen molar-refractivity contribution < 1.29 is 23.5 Å². The van der Waals surface area contributed by atoms with Crippen LogP contribution in [0.25, 0.3) is 11.0 Å². The van der Waals surface area contributed by atoms with Crippen LogP contribution >= 0.6 is 0 Å². The Hall–Kier alpha value is -2.50. The molecule has 2 rings (SSSR count). The molecule has 112 valence electrons. The molecular weight excluding hydrogens is 274 g/mol. The van der Waals surface area contributed by atoms with E-state index in [1.807, 2.05) is 6.92 Å². The van der Waals surface area contributed by atoms with Crippen LogP contribution in [0.2, 0.25) is 0 Å². The molecule has 0 saturated heterocycles. The Kier molecular flexibility index (Phi) is 4.16. The van der Waals surface area contributed by atoms with Gasteiger partial charge in [0.15, 0.2) is 6.10 Å². The van der Waals surface area contributed by atoms with Crippen molar-refractivity contribution in [3.63, 3.8) is 0 Å². The van der Waals surface area contributed by atoms with Crippen molar-refractivity contribution in [2.75, 3.05) is 6.61 Å². The number of carbonyl (C=O) groups excluding carboxylic acids is 2. The smallest absolute Gasteiger partial charge is 0.375 e. The Labute approximate surface area is 121 Å². The predicted octanol–water partition coefficient (Wildman–Crippen LogP) is 2.17. The average Bonchev–Trinajstić information content (AvgIpc) is 2.76. The van der Waals surface area contributed by atoms with Crippen LogP contribution in [0.4, 0.5) is 0 Å². The third-order valence-electron chi connectivity index (χ3n) is 3.09. The predicted molar refractivity (Wildman–Crippen MR) is 76.2 cm³/mol. The van der Waals surface area contributed by atoms with Gasteiger partial charge in [0.25, 0.3) is 5.91 Å². The van der Waals surface area contributed by atoms with Crippen LogP contribution in [0.1, 0.15) is 30.0 Å². The summed E-state index contributed by atoms with van der Waals surface area (Å²) >= 11 is 0. The number of primary amides is 1. The molecule has 6 heteroatoms. The lowest BCUT2D eigenvalue weighted by Gasteiger charge is -2.07. The molecule has 1 aromatic carbocycles. The number of furan rings is 1. The number of hydrogen-bond acceptors (Lipinski definition) is 5. The summed E-state index contributed by atoms with van der Waals surface area (Å²) in [6, 6.07) is 5.28. The molecule has 0 unspecified atom stereocenters. The number of carbonyl (C=O) groups is 2. The van der Waals surface area contributed by atoms with E-state index in [-0.39, 0.29) is 5.76 Å². The lowest BCUT2D eigenvalue weighted by molar-refractivity contribution is -0.125. The normalized spacial score (nSPS) is 12.1. The van der Waals surface area contributed by atoms with Gasteiger partial charge < -0.3 is 19.6 Å². The second-order valence-electron chi connectivity index (χ2n) is 4.60. The fourth-order valence-electron chi connectivity index (χ4n) is 1.92. The molecule has 0 saturated carbocycles. The largest absolute Gasteiger partial charge is 0.494 e. The highest BCUT2D eigenvalue weighted by atomic mass is 16.6. The van der Waals surface area contributed by atoms with Gasteiger partial charge in [0.1, 0.15) is 11.3 Å². The Morgan fingerprint density at radius 1 is 1.38 bits per heavy atom. The lowest BCUT2D eigenvalue weighted by Crippen LogP contribution is -2.30. The highest BCUT2D eigenvalue weighted by Gasteiger charge is 2.23. The van der Waals surface area contributed by atoms with E-state index in [0.717, 1.165) is 5.39 Å². The van der Waals surface area contributed by atoms with Gasteiger partial charge in [0.05, 0.1) is 6.61 Å². The number of ether oxygens (including phenoxy) is 2. The lowest BCUT2D eigenvalue weighted by atomic mass is 10.1. The van der Waals surface area contributed by atoms with Crippen LogP contribution in [-0.4, -0.2) is 24.6 Å². The summed E-state index contributed by atoms with van der Waals surface area (Å²) in [5.74, 6) is -0.672. The van der Waals surface area contributed by atoms with Gasteiger partial charge >= 0.3 is 5.97 Å². The summed E-state index contributed by atoms with van der Waals surface area (Å²) in [6.45, 7) is 5.59. The molecule has 0 radical (unpaired) electrons. The summed E-state index contributed by atoms with van der Waals surface area (Å²) in [7, 11) is 0. The minimum Gasteiger partial charge on any atom is -0.494 e. The fraction of sp³-hybridized carbons (Fsp3) is 0.333. The zero-order valence-electron chi connectivity index (χ0n) is 12.1. The minimum atomic E-state index is -1.01. The van der Waals surface area contributed by atoms with Crippen LogP contribution in [0.5, 0.6) is 5.75 Å². The van der Waals surface area contributed by atoms with E-state index in [0.29, 0.717) is 23.5 Å². The Bertz CT molecular complexity index is 689. The molecule has 0 aliphatic rings. The zero-order valence-corrected chi connectivity index (χ0v) is 12.1. The van der Waals surface area contributed by atoms with E-state index in [2.05, 4.69) is 0 Å². The monoisotopic (exact) mass is 291 g/mol. The van der Waals surface area contributed by atoms with Gasteiger partial charge in [-0.3, -0.25) is 4.79 Å². The van der Waals surface area contributed by atoms with E-state index in [9.17, 15) is 9.59 Å². The van der Waals surface area contributed by atoms with Crippen molar-refractivity contribution in [2.24, 2.45) is 5.73 Å². The number of amides is 1. The second-order valence-corrected chi connectivity index (χ2v) is 4.60. The molecule has 0 fully saturated rings. The van der Waals surface area contributed by atoms with Crippen molar-refractivity contribution in [3.8, 4) is 5.75 Å². The molecule has 1 atom stereocenters. The molecule has 0 aliphatic heterocycles. The maximum atomic E-state index is 12.0. The van der Waals surface area contributed by atoms with E-state index in [4.69, 9.17) is 19.6 Å². The zero-order chi connectivity index (χ0) is 15.6. The number of fused-ring (bicyclic) bond motifs is 1. The standard InChI is InChI=1S/C15H17NO5/c1-4-19-10-5-6-12-11(7-10)8(2)13(21-12)15(18)20-9(3)14(16)17/h5-7,9H,4H2,1-3H3,(H2,16,17)/t9-/m0/s1. The first kappa shape index (κ1) is 14.9. The first-order valence-electron chi connectivity index (χ1n) is 6.60. The summed E-state index contributed by atoms with van der Waals surface area (Å²) in [4.78, 5) is 22.9. The van der Waals surface area contributed by atoms with Crippen LogP contribution in [0, 0.1) is 6.92 Å². The van der Waals surface area contributed by atoms with E-state index in [1.165, 1.54) is 6.92 Å². The van der Waals surface area contributed by atoms with E-state index >= 15 is 0 Å². The molecule has 21 heavy (non-hydrogen) atoms. The first-order valence-corrected chi connectivity index (χ1v) is 6.60. The van der Waals surface area contributed by atoms with Gasteiger partial charge in [0, 0.05) is 10.9 Å². The quantitative estimate of drug-likeness (QED) is 0.852. The van der Waals surface area contributed by atoms with Crippen molar-refractivity contribution in [3.05, 3.63) is 29.5 Å². The average molecular weight is 291 g/mol. The summed E-state index contributed by atoms with van der Waals surface area (Å²) < 4.78 is 15.9. The van der Waals surface area contributed by atoms with Crippen molar-refractivity contribution in [1.82, 2.24) is 0 Å². The molecule has 2 aromatic rings. The van der Waals surface area contributed by atoms with E-state index < -0.39 is 18.0 Å². The molecule has 1 aromatic heterocycles. The summed E-state index contributed by atoms with van der Waals surface area (Å²) in [6.07, 6.45) is -1.01. The first-order chi connectivity index (χ1) is 9.93. The number of nitrogens with two attached hydrogens (primary N) is 1. The van der Waals surface area contributed by atoms with Crippen molar-refractivity contribution in [2.45, 2.75) is 26.9 Å². The summed E-state index contributed by atoms with van der Waals surface area (Å²) in [5, 5.41) is 0.764. The summed E-state index contributed by atoms with van der Waals surface area (Å²) in [5.41, 5.74) is 6.25. The number of benzene rings is 1. The van der Waals surface area contributed by atoms with Crippen LogP contribution < -0.4 is 10.5 Å². The van der Waals surface area contributed by atoms with Crippen molar-refractivity contribution in [1.29, 1.82) is 0 Å². The van der Waals surface area contributed by atoms with Gasteiger partial charge in [0.2, 0.25) is 5.76 Å².